The van der Waals surface area contributed by atoms with Crippen LogP contribution in [0.3, 0.4) is 0 Å². The van der Waals surface area contributed by atoms with Gasteiger partial charge in [0.25, 0.3) is 0 Å². The number of pyridine rings is 2. The Kier molecular flexibility index (Phi) is 3.00. The van der Waals surface area contributed by atoms with E-state index < -0.39 is 0 Å². The number of rotatable bonds is 2. The second kappa shape index (κ2) is 5.41. The highest BCUT2D eigenvalue weighted by Crippen LogP contribution is 2.39. The van der Waals surface area contributed by atoms with Gasteiger partial charge in [0.15, 0.2) is 0 Å². The summed E-state index contributed by atoms with van der Waals surface area (Å²) < 4.78 is 2.24. The maximum Gasteiger partial charge on any atom is 0.138 e. The Morgan fingerprint density at radius 3 is 2.37 bits per heavy atom. The third-order valence-electron chi connectivity index (χ3n) is 5.26. The van der Waals surface area contributed by atoms with Crippen LogP contribution in [0, 0.1) is 0 Å². The maximum atomic E-state index is 6.17. The van der Waals surface area contributed by atoms with Crippen molar-refractivity contribution in [3.63, 3.8) is 0 Å². The minimum Gasteiger partial charge on any atom is -0.291 e. The number of aromatic nitrogens is 3. The molecule has 0 N–H and O–H groups in total. The minimum absolute atomic E-state index is 0.466. The van der Waals surface area contributed by atoms with Crippen molar-refractivity contribution in [1.29, 1.82) is 0 Å². The summed E-state index contributed by atoms with van der Waals surface area (Å²) in [6, 6.07) is 23.2. The van der Waals surface area contributed by atoms with Crippen LogP contribution in [-0.2, 0) is 5.88 Å². The molecule has 3 nitrogen and oxygen atoms in total. The van der Waals surface area contributed by atoms with Crippen LogP contribution in [0.1, 0.15) is 5.56 Å². The van der Waals surface area contributed by atoms with Gasteiger partial charge in [-0.3, -0.25) is 9.38 Å². The average molecular weight is 368 g/mol. The van der Waals surface area contributed by atoms with Gasteiger partial charge in [-0.05, 0) is 52.7 Å². The van der Waals surface area contributed by atoms with Crippen molar-refractivity contribution in [2.24, 2.45) is 0 Å². The first kappa shape index (κ1) is 14.9. The van der Waals surface area contributed by atoms with E-state index in [0.29, 0.717) is 5.88 Å². The van der Waals surface area contributed by atoms with E-state index in [1.807, 2.05) is 24.4 Å². The zero-order valence-corrected chi connectivity index (χ0v) is 15.1. The predicted molar refractivity (Wildman–Crippen MR) is 112 cm³/mol. The summed E-state index contributed by atoms with van der Waals surface area (Å²) >= 11 is 6.17. The second-order valence-electron chi connectivity index (χ2n) is 6.85. The lowest BCUT2D eigenvalue weighted by atomic mass is 10.0. The summed E-state index contributed by atoms with van der Waals surface area (Å²) in [5.41, 5.74) is 6.05. The number of fused-ring (bicyclic) bond motifs is 4. The van der Waals surface area contributed by atoms with Crippen molar-refractivity contribution >= 4 is 49.8 Å². The van der Waals surface area contributed by atoms with Crippen molar-refractivity contribution in [2.45, 2.75) is 5.88 Å². The standard InChI is InChI=1S/C23H14ClN3/c24-13-14-9-20-17-11-15-5-1-2-6-16(15)12-18(17)23-22(19-7-3-4-8-25-19)26-21(10-14)27(20)23/h1-12H,13H2. The summed E-state index contributed by atoms with van der Waals surface area (Å²) in [5.74, 6) is 0.466. The van der Waals surface area contributed by atoms with E-state index in [9.17, 15) is 0 Å². The zero-order valence-electron chi connectivity index (χ0n) is 14.4. The average Bonchev–Trinajstić information content (AvgIpc) is 3.26. The molecule has 0 atom stereocenters. The van der Waals surface area contributed by atoms with Gasteiger partial charge < -0.3 is 0 Å². The molecule has 0 saturated carbocycles. The topological polar surface area (TPSA) is 30.2 Å². The molecule has 4 aromatic heterocycles. The molecule has 0 radical (unpaired) electrons. The second-order valence-corrected chi connectivity index (χ2v) is 7.11. The zero-order chi connectivity index (χ0) is 18.0. The third-order valence-corrected chi connectivity index (χ3v) is 5.57. The Hall–Kier alpha value is -3.17. The smallest absolute Gasteiger partial charge is 0.138 e. The van der Waals surface area contributed by atoms with Gasteiger partial charge in [0.1, 0.15) is 11.3 Å². The highest BCUT2D eigenvalue weighted by atomic mass is 35.5. The number of halogens is 1. The van der Waals surface area contributed by atoms with Gasteiger partial charge in [-0.15, -0.1) is 11.6 Å². The molecule has 6 rings (SSSR count). The molecule has 0 aliphatic heterocycles. The minimum atomic E-state index is 0.466. The Bertz CT molecular complexity index is 1450. The van der Waals surface area contributed by atoms with Gasteiger partial charge >= 0.3 is 0 Å². The van der Waals surface area contributed by atoms with Gasteiger partial charge in [0.2, 0.25) is 0 Å². The summed E-state index contributed by atoms with van der Waals surface area (Å²) in [6.45, 7) is 0. The van der Waals surface area contributed by atoms with Crippen LogP contribution in [-0.4, -0.2) is 14.4 Å². The van der Waals surface area contributed by atoms with Crippen LogP contribution in [0.4, 0.5) is 0 Å². The summed E-state index contributed by atoms with van der Waals surface area (Å²) in [5, 5.41) is 4.88. The Labute approximate surface area is 160 Å². The van der Waals surface area contributed by atoms with Crippen LogP contribution in [0.2, 0.25) is 0 Å². The molecule has 0 unspecified atom stereocenters. The summed E-state index contributed by atoms with van der Waals surface area (Å²) in [4.78, 5) is 9.48. The van der Waals surface area contributed by atoms with Gasteiger partial charge in [-0.1, -0.05) is 30.3 Å². The van der Waals surface area contributed by atoms with Gasteiger partial charge in [-0.25, -0.2) is 4.98 Å². The van der Waals surface area contributed by atoms with E-state index >= 15 is 0 Å². The quantitative estimate of drug-likeness (QED) is 0.349. The molecular formula is C23H14ClN3. The number of alkyl halides is 1. The lowest BCUT2D eigenvalue weighted by Gasteiger charge is -2.01. The van der Waals surface area contributed by atoms with E-state index in [2.05, 4.69) is 57.9 Å². The molecule has 4 heteroatoms. The van der Waals surface area contributed by atoms with Crippen molar-refractivity contribution in [1.82, 2.24) is 14.4 Å². The predicted octanol–water partition coefficient (Wildman–Crippen LogP) is 6.03. The van der Waals surface area contributed by atoms with Crippen molar-refractivity contribution in [3.05, 3.63) is 78.5 Å². The number of nitrogens with zero attached hydrogens (tertiary/aromatic N) is 3. The van der Waals surface area contributed by atoms with E-state index in [1.54, 1.807) is 0 Å². The first-order valence-corrected chi connectivity index (χ1v) is 9.43. The van der Waals surface area contributed by atoms with Crippen LogP contribution < -0.4 is 0 Å². The molecule has 0 bridgehead atoms. The number of benzene rings is 2. The number of imidazole rings is 1. The fourth-order valence-corrected chi connectivity index (χ4v) is 4.23. The molecule has 27 heavy (non-hydrogen) atoms. The molecule has 0 amide bonds. The van der Waals surface area contributed by atoms with Crippen molar-refractivity contribution in [3.8, 4) is 11.4 Å². The fourth-order valence-electron chi connectivity index (χ4n) is 4.08. The molecule has 0 saturated heterocycles. The SMILES string of the molecule is ClCc1cc2nc(-c3ccccn3)c3c4cc5ccccc5cc4c(c1)n23. The molecule has 0 spiro atoms. The first-order valence-electron chi connectivity index (χ1n) is 8.90. The largest absolute Gasteiger partial charge is 0.291 e. The molecule has 2 aromatic carbocycles. The molecule has 6 aromatic rings. The molecular weight excluding hydrogens is 354 g/mol. The van der Waals surface area contributed by atoms with E-state index in [0.717, 1.165) is 33.6 Å². The van der Waals surface area contributed by atoms with Crippen molar-refractivity contribution in [2.75, 3.05) is 0 Å². The Balaban J connectivity index is 1.88. The van der Waals surface area contributed by atoms with Crippen molar-refractivity contribution < 1.29 is 0 Å². The Morgan fingerprint density at radius 1 is 0.852 bits per heavy atom. The molecule has 4 heterocycles. The van der Waals surface area contributed by atoms with E-state index in [1.165, 1.54) is 21.5 Å². The highest BCUT2D eigenvalue weighted by molar-refractivity contribution is 6.19. The van der Waals surface area contributed by atoms with E-state index in [4.69, 9.17) is 16.6 Å². The fraction of sp³-hybridized carbons (Fsp3) is 0.0435. The normalized spacial score (nSPS) is 12.0. The van der Waals surface area contributed by atoms with Crippen LogP contribution >= 0.6 is 11.6 Å². The van der Waals surface area contributed by atoms with Gasteiger partial charge in [0, 0.05) is 22.8 Å². The lowest BCUT2D eigenvalue weighted by Crippen LogP contribution is -1.87. The van der Waals surface area contributed by atoms with E-state index in [-0.39, 0.29) is 0 Å². The Morgan fingerprint density at radius 2 is 1.63 bits per heavy atom. The van der Waals surface area contributed by atoms with Crippen LogP contribution in [0.15, 0.2) is 72.9 Å². The summed E-state index contributed by atoms with van der Waals surface area (Å²) in [6.07, 6.45) is 1.81. The molecule has 0 fully saturated rings. The lowest BCUT2D eigenvalue weighted by molar-refractivity contribution is 1.26. The molecule has 128 valence electrons. The van der Waals surface area contributed by atoms with Crippen LogP contribution in [0.25, 0.3) is 49.6 Å². The number of hydrogen-bond donors (Lipinski definition) is 0. The monoisotopic (exact) mass is 367 g/mol. The maximum absolute atomic E-state index is 6.17. The van der Waals surface area contributed by atoms with Gasteiger partial charge in [0.05, 0.1) is 16.7 Å². The summed E-state index contributed by atoms with van der Waals surface area (Å²) in [7, 11) is 0. The van der Waals surface area contributed by atoms with Crippen LogP contribution in [0.5, 0.6) is 0 Å². The molecule has 0 aliphatic rings. The van der Waals surface area contributed by atoms with Gasteiger partial charge in [-0.2, -0.15) is 0 Å². The molecule has 0 aliphatic carbocycles. The highest BCUT2D eigenvalue weighted by Gasteiger charge is 2.20. The first-order chi connectivity index (χ1) is 13.3. The third kappa shape index (κ3) is 2.03. The number of hydrogen-bond acceptors (Lipinski definition) is 2.